The third kappa shape index (κ3) is 3.81. The fourth-order valence-electron chi connectivity index (χ4n) is 3.63. The van der Waals surface area contributed by atoms with Crippen molar-refractivity contribution in [2.24, 2.45) is 0 Å². The van der Waals surface area contributed by atoms with Gasteiger partial charge in [0.25, 0.3) is 0 Å². The second-order valence-electron chi connectivity index (χ2n) is 7.50. The molecule has 5 heteroatoms. The lowest BCUT2D eigenvalue weighted by molar-refractivity contribution is 0.101. The van der Waals surface area contributed by atoms with Crippen LogP contribution in [0.5, 0.6) is 0 Å². The van der Waals surface area contributed by atoms with Crippen LogP contribution < -0.4 is 0 Å². The van der Waals surface area contributed by atoms with E-state index >= 15 is 0 Å². The number of hydrogen-bond donors (Lipinski definition) is 0. The van der Waals surface area contributed by atoms with Crippen molar-refractivity contribution in [2.75, 3.05) is 5.75 Å². The molecule has 1 aromatic heterocycles. The predicted molar refractivity (Wildman–Crippen MR) is 118 cm³/mol. The average Bonchev–Trinajstić information content (AvgIpc) is 3.10. The van der Waals surface area contributed by atoms with Crippen molar-refractivity contribution < 1.29 is 17.6 Å². The molecule has 4 rings (SSSR count). The van der Waals surface area contributed by atoms with Crippen LogP contribution in [0.2, 0.25) is 0 Å². The van der Waals surface area contributed by atoms with Crippen molar-refractivity contribution in [1.29, 1.82) is 0 Å². The number of aryl methyl sites for hydroxylation is 1. The molecule has 30 heavy (non-hydrogen) atoms. The minimum Gasteiger partial charge on any atom is -0.452 e. The van der Waals surface area contributed by atoms with Crippen LogP contribution in [-0.2, 0) is 9.84 Å². The summed E-state index contributed by atoms with van der Waals surface area (Å²) in [5.41, 5.74) is 2.66. The summed E-state index contributed by atoms with van der Waals surface area (Å²) in [6.45, 7) is 3.69. The zero-order valence-electron chi connectivity index (χ0n) is 16.8. The summed E-state index contributed by atoms with van der Waals surface area (Å²) >= 11 is 0. The van der Waals surface area contributed by atoms with Crippen LogP contribution in [0.4, 0.5) is 0 Å². The summed E-state index contributed by atoms with van der Waals surface area (Å²) in [5.74, 6) is -0.0998. The van der Waals surface area contributed by atoms with Crippen LogP contribution >= 0.6 is 0 Å². The topological polar surface area (TPSA) is 64.3 Å². The van der Waals surface area contributed by atoms with Crippen LogP contribution in [0.1, 0.15) is 40.1 Å². The molecule has 0 spiro atoms. The third-order valence-corrected chi connectivity index (χ3v) is 7.26. The second kappa shape index (κ2) is 7.92. The van der Waals surface area contributed by atoms with Crippen LogP contribution in [0.15, 0.2) is 88.2 Å². The molecule has 152 valence electrons. The van der Waals surface area contributed by atoms with E-state index in [1.807, 2.05) is 43.3 Å². The number of ketones is 1. The first-order chi connectivity index (χ1) is 14.4. The predicted octanol–water partition coefficient (Wildman–Crippen LogP) is 5.55. The number of carbonyl (C=O) groups excluding carboxylic acids is 1. The lowest BCUT2D eigenvalue weighted by Gasteiger charge is -2.12. The minimum absolute atomic E-state index is 0.00915. The highest BCUT2D eigenvalue weighted by Gasteiger charge is 2.23. The van der Waals surface area contributed by atoms with Gasteiger partial charge < -0.3 is 4.42 Å². The molecule has 3 aromatic carbocycles. The van der Waals surface area contributed by atoms with Crippen molar-refractivity contribution in [2.45, 2.75) is 24.7 Å². The fraction of sp³-hybridized carbons (Fsp3) is 0.160. The Kier molecular flexibility index (Phi) is 5.31. The molecule has 0 bridgehead atoms. The number of rotatable bonds is 6. The maximum absolute atomic E-state index is 13.0. The first-order valence-corrected chi connectivity index (χ1v) is 11.4. The van der Waals surface area contributed by atoms with Gasteiger partial charge in [-0.2, -0.15) is 0 Å². The highest BCUT2D eigenvalue weighted by Crippen LogP contribution is 2.30. The molecule has 0 saturated carbocycles. The molecule has 0 aliphatic heterocycles. The Labute approximate surface area is 176 Å². The van der Waals surface area contributed by atoms with E-state index in [0.717, 1.165) is 5.56 Å². The highest BCUT2D eigenvalue weighted by atomic mass is 32.2. The molecule has 0 N–H and O–H groups in total. The Balaban J connectivity index is 1.68. The smallest absolute Gasteiger partial charge is 0.228 e. The van der Waals surface area contributed by atoms with Gasteiger partial charge in [0.1, 0.15) is 5.58 Å². The summed E-state index contributed by atoms with van der Waals surface area (Å²) in [6.07, 6.45) is 0. The standard InChI is InChI=1S/C25H22O4S/c1-17(19-9-5-3-6-10-19)16-30(27,28)21-13-14-23-22(15-21)18(2)25(29-23)24(26)20-11-7-4-8-12-20/h3-15,17H,16H2,1-2H3/t17-/m0/s1. The van der Waals surface area contributed by atoms with Crippen LogP contribution in [-0.4, -0.2) is 20.0 Å². The first-order valence-electron chi connectivity index (χ1n) is 9.77. The molecule has 1 heterocycles. The quantitative estimate of drug-likeness (QED) is 0.385. The van der Waals surface area contributed by atoms with Crippen molar-refractivity contribution in [3.8, 4) is 0 Å². The minimum atomic E-state index is -3.51. The molecular weight excluding hydrogens is 396 g/mol. The molecule has 1 atom stereocenters. The van der Waals surface area contributed by atoms with Gasteiger partial charge >= 0.3 is 0 Å². The zero-order chi connectivity index (χ0) is 21.3. The molecule has 0 saturated heterocycles. The van der Waals surface area contributed by atoms with Crippen molar-refractivity contribution in [3.05, 3.63) is 101 Å². The summed E-state index contributed by atoms with van der Waals surface area (Å²) in [4.78, 5) is 13.0. The van der Waals surface area contributed by atoms with Gasteiger partial charge in [-0.3, -0.25) is 4.79 Å². The number of fused-ring (bicyclic) bond motifs is 1. The maximum Gasteiger partial charge on any atom is 0.228 e. The van der Waals surface area contributed by atoms with Crippen LogP contribution in [0.25, 0.3) is 11.0 Å². The SMILES string of the molecule is Cc1c(C(=O)c2ccccc2)oc2ccc(S(=O)(=O)C[C@H](C)c3ccccc3)cc12. The Bertz CT molecular complexity index is 1300. The van der Waals surface area contributed by atoms with Gasteiger partial charge in [0.2, 0.25) is 5.78 Å². The lowest BCUT2D eigenvalue weighted by atomic mass is 10.0. The number of benzene rings is 3. The monoisotopic (exact) mass is 418 g/mol. The van der Waals surface area contributed by atoms with E-state index in [-0.39, 0.29) is 28.1 Å². The molecule has 0 amide bonds. The molecule has 0 radical (unpaired) electrons. The number of hydrogen-bond acceptors (Lipinski definition) is 4. The number of carbonyl (C=O) groups is 1. The normalized spacial score (nSPS) is 12.7. The van der Waals surface area contributed by atoms with E-state index < -0.39 is 9.84 Å². The van der Waals surface area contributed by atoms with E-state index in [4.69, 9.17) is 4.42 Å². The fourth-order valence-corrected chi connectivity index (χ4v) is 5.25. The molecule has 0 aliphatic carbocycles. The number of furan rings is 1. The molecule has 4 nitrogen and oxygen atoms in total. The largest absolute Gasteiger partial charge is 0.452 e. The zero-order valence-corrected chi connectivity index (χ0v) is 17.6. The molecule has 0 aliphatic rings. The summed E-state index contributed by atoms with van der Waals surface area (Å²) in [6, 6.07) is 23.3. The van der Waals surface area contributed by atoms with Gasteiger partial charge in [-0.05, 0) is 36.6 Å². The van der Waals surface area contributed by atoms with Crippen LogP contribution in [0.3, 0.4) is 0 Å². The van der Waals surface area contributed by atoms with E-state index in [1.165, 1.54) is 0 Å². The van der Waals surface area contributed by atoms with Gasteiger partial charge in [-0.25, -0.2) is 8.42 Å². The summed E-state index contributed by atoms with van der Waals surface area (Å²) < 4.78 is 31.9. The maximum atomic E-state index is 13.0. The van der Waals surface area contributed by atoms with Crippen molar-refractivity contribution in [1.82, 2.24) is 0 Å². The molecule has 0 unspecified atom stereocenters. The number of sulfone groups is 1. The van der Waals surface area contributed by atoms with Crippen LogP contribution in [0, 0.1) is 6.92 Å². The van der Waals surface area contributed by atoms with Crippen molar-refractivity contribution in [3.63, 3.8) is 0 Å². The molecular formula is C25H22O4S. The first kappa shape index (κ1) is 20.1. The van der Waals surface area contributed by atoms with Gasteiger partial charge in [0.15, 0.2) is 15.6 Å². The third-order valence-electron chi connectivity index (χ3n) is 5.35. The Morgan fingerprint density at radius 1 is 0.933 bits per heavy atom. The average molecular weight is 419 g/mol. The Hall–Kier alpha value is -3.18. The Morgan fingerprint density at radius 3 is 2.23 bits per heavy atom. The van der Waals surface area contributed by atoms with E-state index in [2.05, 4.69) is 0 Å². The van der Waals surface area contributed by atoms with Crippen molar-refractivity contribution >= 4 is 26.6 Å². The summed E-state index contributed by atoms with van der Waals surface area (Å²) in [5, 5.41) is 0.641. The second-order valence-corrected chi connectivity index (χ2v) is 9.54. The lowest BCUT2D eigenvalue weighted by Crippen LogP contribution is -2.13. The van der Waals surface area contributed by atoms with E-state index in [1.54, 1.807) is 49.4 Å². The van der Waals surface area contributed by atoms with Gasteiger partial charge in [0.05, 0.1) is 10.6 Å². The molecule has 0 fully saturated rings. The van der Waals surface area contributed by atoms with E-state index in [9.17, 15) is 13.2 Å². The van der Waals surface area contributed by atoms with Gasteiger partial charge in [0, 0.05) is 16.5 Å². The van der Waals surface area contributed by atoms with Gasteiger partial charge in [-0.15, -0.1) is 0 Å². The van der Waals surface area contributed by atoms with E-state index in [0.29, 0.717) is 22.1 Å². The summed E-state index contributed by atoms with van der Waals surface area (Å²) in [7, 11) is -3.51. The Morgan fingerprint density at radius 2 is 1.57 bits per heavy atom. The highest BCUT2D eigenvalue weighted by molar-refractivity contribution is 7.91. The van der Waals surface area contributed by atoms with Gasteiger partial charge in [-0.1, -0.05) is 67.6 Å². The molecule has 4 aromatic rings.